The molecule has 0 aliphatic carbocycles. The van der Waals surface area contributed by atoms with E-state index in [1.807, 2.05) is 7.05 Å². The van der Waals surface area contributed by atoms with Crippen LogP contribution in [0.3, 0.4) is 0 Å². The van der Waals surface area contributed by atoms with E-state index in [4.69, 9.17) is 4.74 Å². The minimum Gasteiger partial charge on any atom is -0.378 e. The fraction of sp³-hybridized carbons (Fsp3) is 0.333. The molecule has 2 aromatic carbocycles. The van der Waals surface area contributed by atoms with Crippen LogP contribution < -0.4 is 4.90 Å². The molecule has 6 heteroatoms. The van der Waals surface area contributed by atoms with Gasteiger partial charge in [-0.15, -0.1) is 10.2 Å². The van der Waals surface area contributed by atoms with Crippen LogP contribution in [-0.4, -0.2) is 41.1 Å². The van der Waals surface area contributed by atoms with E-state index in [0.717, 1.165) is 37.4 Å². The first kappa shape index (κ1) is 18.1. The number of anilines is 1. The molecule has 1 fully saturated rings. The van der Waals surface area contributed by atoms with Gasteiger partial charge in [0, 0.05) is 20.1 Å². The van der Waals surface area contributed by atoms with Gasteiger partial charge in [0.1, 0.15) is 0 Å². The van der Waals surface area contributed by atoms with Gasteiger partial charge < -0.3 is 9.64 Å². The third kappa shape index (κ3) is 3.87. The van der Waals surface area contributed by atoms with Crippen LogP contribution in [0.1, 0.15) is 21.9 Å². The molecule has 27 heavy (non-hydrogen) atoms. The van der Waals surface area contributed by atoms with Gasteiger partial charge in [0.05, 0.1) is 18.5 Å². The Hall–Kier alpha value is -2.31. The first-order valence-electron chi connectivity index (χ1n) is 9.23. The molecular weight excluding hydrogens is 356 g/mol. The number of aromatic nitrogens is 3. The molecule has 0 N–H and O–H groups in total. The Balaban J connectivity index is 1.67. The van der Waals surface area contributed by atoms with Crippen LogP contribution in [0, 0.1) is 6.92 Å². The Morgan fingerprint density at radius 1 is 0.963 bits per heavy atom. The number of thioether (sulfide) groups is 1. The molecule has 0 radical (unpaired) electrons. The van der Waals surface area contributed by atoms with Gasteiger partial charge in [-0.3, -0.25) is 4.57 Å². The number of benzene rings is 2. The largest absolute Gasteiger partial charge is 0.378 e. The second-order valence-electron chi connectivity index (χ2n) is 6.71. The van der Waals surface area contributed by atoms with Crippen molar-refractivity contribution in [3.05, 3.63) is 71.3 Å². The molecule has 3 aromatic rings. The van der Waals surface area contributed by atoms with Crippen molar-refractivity contribution in [3.8, 4) is 0 Å². The van der Waals surface area contributed by atoms with Crippen LogP contribution in [-0.2, 0) is 11.8 Å². The summed E-state index contributed by atoms with van der Waals surface area (Å²) in [6.07, 6.45) is 0. The summed E-state index contributed by atoms with van der Waals surface area (Å²) in [6.45, 7) is 5.37. The first-order valence-corrected chi connectivity index (χ1v) is 10.1. The van der Waals surface area contributed by atoms with Crippen molar-refractivity contribution in [2.24, 2.45) is 7.05 Å². The second kappa shape index (κ2) is 8.15. The minimum absolute atomic E-state index is 0.174. The number of ether oxygens (including phenoxy) is 1. The lowest BCUT2D eigenvalue weighted by Gasteiger charge is -2.27. The van der Waals surface area contributed by atoms with E-state index >= 15 is 0 Å². The van der Waals surface area contributed by atoms with Crippen LogP contribution in [0.25, 0.3) is 0 Å². The molecule has 4 rings (SSSR count). The maximum absolute atomic E-state index is 5.46. The van der Waals surface area contributed by atoms with Gasteiger partial charge in [0.15, 0.2) is 5.16 Å². The van der Waals surface area contributed by atoms with Crippen LogP contribution in [0.15, 0.2) is 59.8 Å². The highest BCUT2D eigenvalue weighted by molar-refractivity contribution is 7.99. The SMILES string of the molecule is Cc1ccccc1C(Sc1nnc(N2CCOCC2)n1C)c1ccccc1. The van der Waals surface area contributed by atoms with Crippen LogP contribution in [0.4, 0.5) is 5.95 Å². The third-order valence-corrected chi connectivity index (χ3v) is 6.23. The van der Waals surface area contributed by atoms with Crippen molar-refractivity contribution in [1.29, 1.82) is 0 Å². The molecule has 5 nitrogen and oxygen atoms in total. The van der Waals surface area contributed by atoms with Gasteiger partial charge in [-0.05, 0) is 23.6 Å². The first-order chi connectivity index (χ1) is 13.2. The van der Waals surface area contributed by atoms with Crippen LogP contribution in [0.2, 0.25) is 0 Å². The number of nitrogens with zero attached hydrogens (tertiary/aromatic N) is 4. The zero-order valence-corrected chi connectivity index (χ0v) is 16.5. The molecule has 1 aromatic heterocycles. The van der Waals surface area contributed by atoms with E-state index in [0.29, 0.717) is 0 Å². The summed E-state index contributed by atoms with van der Waals surface area (Å²) in [5.41, 5.74) is 3.87. The zero-order chi connectivity index (χ0) is 18.6. The van der Waals surface area contributed by atoms with Gasteiger partial charge in [-0.1, -0.05) is 66.4 Å². The number of morpholine rings is 1. The van der Waals surface area contributed by atoms with Crippen molar-refractivity contribution in [3.63, 3.8) is 0 Å². The van der Waals surface area contributed by atoms with Crippen molar-refractivity contribution < 1.29 is 4.74 Å². The Morgan fingerprint density at radius 3 is 2.41 bits per heavy atom. The monoisotopic (exact) mass is 380 g/mol. The molecule has 2 heterocycles. The average molecular weight is 381 g/mol. The fourth-order valence-corrected chi connectivity index (χ4v) is 4.60. The highest BCUT2D eigenvalue weighted by Gasteiger charge is 2.23. The zero-order valence-electron chi connectivity index (χ0n) is 15.7. The molecule has 0 amide bonds. The molecule has 1 aliphatic rings. The molecule has 1 aliphatic heterocycles. The lowest BCUT2D eigenvalue weighted by molar-refractivity contribution is 0.121. The van der Waals surface area contributed by atoms with E-state index in [2.05, 4.69) is 81.2 Å². The Bertz CT molecular complexity index is 890. The lowest BCUT2D eigenvalue weighted by Crippen LogP contribution is -2.37. The van der Waals surface area contributed by atoms with E-state index in [1.54, 1.807) is 11.8 Å². The number of rotatable bonds is 5. The summed E-state index contributed by atoms with van der Waals surface area (Å²) < 4.78 is 7.56. The summed E-state index contributed by atoms with van der Waals surface area (Å²) in [5, 5.41) is 10.1. The minimum atomic E-state index is 0.174. The highest BCUT2D eigenvalue weighted by atomic mass is 32.2. The summed E-state index contributed by atoms with van der Waals surface area (Å²) in [6, 6.07) is 19.2. The summed E-state index contributed by atoms with van der Waals surface area (Å²) in [4.78, 5) is 2.24. The Morgan fingerprint density at radius 2 is 1.67 bits per heavy atom. The Labute approximate surface area is 164 Å². The van der Waals surface area contributed by atoms with Gasteiger partial charge in [0.2, 0.25) is 5.95 Å². The summed E-state index contributed by atoms with van der Waals surface area (Å²) in [7, 11) is 2.05. The van der Waals surface area contributed by atoms with E-state index in [1.165, 1.54) is 16.7 Å². The van der Waals surface area contributed by atoms with E-state index in [9.17, 15) is 0 Å². The third-order valence-electron chi connectivity index (χ3n) is 4.90. The van der Waals surface area contributed by atoms with Crippen LogP contribution >= 0.6 is 11.8 Å². The van der Waals surface area contributed by atoms with E-state index in [-0.39, 0.29) is 5.25 Å². The molecule has 1 unspecified atom stereocenters. The van der Waals surface area contributed by atoms with Gasteiger partial charge >= 0.3 is 0 Å². The topological polar surface area (TPSA) is 43.2 Å². The highest BCUT2D eigenvalue weighted by Crippen LogP contribution is 2.41. The number of aryl methyl sites for hydroxylation is 1. The summed E-state index contributed by atoms with van der Waals surface area (Å²) >= 11 is 1.75. The number of hydrogen-bond donors (Lipinski definition) is 0. The maximum Gasteiger partial charge on any atom is 0.227 e. The molecule has 1 saturated heterocycles. The molecule has 0 saturated carbocycles. The van der Waals surface area contributed by atoms with Crippen molar-refractivity contribution in [1.82, 2.24) is 14.8 Å². The van der Waals surface area contributed by atoms with Crippen LogP contribution in [0.5, 0.6) is 0 Å². The number of hydrogen-bond acceptors (Lipinski definition) is 5. The predicted molar refractivity (Wildman–Crippen MR) is 109 cm³/mol. The van der Waals surface area contributed by atoms with Crippen molar-refractivity contribution in [2.45, 2.75) is 17.3 Å². The Kier molecular flexibility index (Phi) is 5.45. The van der Waals surface area contributed by atoms with Gasteiger partial charge in [-0.25, -0.2) is 0 Å². The molecular formula is C21H24N4OS. The van der Waals surface area contributed by atoms with Crippen molar-refractivity contribution in [2.75, 3.05) is 31.2 Å². The quantitative estimate of drug-likeness (QED) is 0.629. The van der Waals surface area contributed by atoms with E-state index < -0.39 is 0 Å². The smallest absolute Gasteiger partial charge is 0.227 e. The predicted octanol–water partition coefficient (Wildman–Crippen LogP) is 3.84. The molecule has 1 atom stereocenters. The molecule has 0 bridgehead atoms. The molecule has 140 valence electrons. The van der Waals surface area contributed by atoms with Gasteiger partial charge in [0.25, 0.3) is 0 Å². The second-order valence-corrected chi connectivity index (χ2v) is 7.78. The molecule has 0 spiro atoms. The average Bonchev–Trinajstić information content (AvgIpc) is 3.08. The maximum atomic E-state index is 5.46. The van der Waals surface area contributed by atoms with Crippen molar-refractivity contribution >= 4 is 17.7 Å². The fourth-order valence-electron chi connectivity index (χ4n) is 3.37. The van der Waals surface area contributed by atoms with Gasteiger partial charge in [-0.2, -0.15) is 0 Å². The summed E-state index contributed by atoms with van der Waals surface area (Å²) in [5.74, 6) is 0.914. The lowest BCUT2D eigenvalue weighted by atomic mass is 10.0. The standard InChI is InChI=1S/C21H24N4OS/c1-16-8-6-7-11-18(16)19(17-9-4-3-5-10-17)27-21-23-22-20(24(21)2)25-12-14-26-15-13-25/h3-11,19H,12-15H2,1-2H3. The normalized spacial score (nSPS) is 15.7.